The van der Waals surface area contributed by atoms with E-state index < -0.39 is 35.6 Å². The van der Waals surface area contributed by atoms with Crippen LogP contribution in [0.1, 0.15) is 20.8 Å². The van der Waals surface area contributed by atoms with Crippen LogP contribution >= 0.6 is 30.1 Å². The van der Waals surface area contributed by atoms with Gasteiger partial charge in [0, 0.05) is 6.92 Å². The van der Waals surface area contributed by atoms with Crippen molar-refractivity contribution >= 4 is 65.9 Å². The van der Waals surface area contributed by atoms with Crippen molar-refractivity contribution in [2.45, 2.75) is 20.8 Å². The first-order valence-corrected chi connectivity index (χ1v) is 12.0. The van der Waals surface area contributed by atoms with E-state index in [0.29, 0.717) is 0 Å². The second kappa shape index (κ2) is 32.5. The van der Waals surface area contributed by atoms with E-state index in [2.05, 4.69) is 5.73 Å². The van der Waals surface area contributed by atoms with Crippen LogP contribution in [0.25, 0.3) is 0 Å². The minimum atomic E-state index is -1.62. The van der Waals surface area contributed by atoms with Crippen LogP contribution in [0.4, 0.5) is 14.0 Å². The Hall–Kier alpha value is -1.16. The molecular formula is C12H21Cl3Cr2FN3O9+2. The Morgan fingerprint density at radius 1 is 0.933 bits per heavy atom. The van der Waals surface area contributed by atoms with Crippen LogP contribution in [0.15, 0.2) is 0 Å². The maximum atomic E-state index is 10.4. The normalized spacial score (nSPS) is 7.63. The monoisotopic (exact) mass is 579 g/mol. The van der Waals surface area contributed by atoms with Crippen molar-refractivity contribution in [1.29, 1.82) is 0 Å². The van der Waals surface area contributed by atoms with Crippen molar-refractivity contribution in [1.82, 2.24) is 10.6 Å². The topological polar surface area (TPSA) is 216 Å². The molecule has 0 aromatic rings. The summed E-state index contributed by atoms with van der Waals surface area (Å²) in [6, 6.07) is -1.33. The largest absolute Gasteiger partial charge is 3.00 e. The van der Waals surface area contributed by atoms with Gasteiger partial charge < -0.3 is 36.5 Å². The van der Waals surface area contributed by atoms with Gasteiger partial charge in [-0.25, -0.2) is 4.79 Å². The van der Waals surface area contributed by atoms with Crippen molar-refractivity contribution in [3.63, 3.8) is 0 Å². The molecule has 0 saturated heterocycles. The van der Waals surface area contributed by atoms with Gasteiger partial charge in [-0.3, -0.25) is 19.2 Å². The zero-order valence-corrected chi connectivity index (χ0v) is 20.6. The Labute approximate surface area is 199 Å². The number of aliphatic carboxylic acids is 1. The molecule has 30 heavy (non-hydrogen) atoms. The van der Waals surface area contributed by atoms with E-state index in [0.717, 1.165) is 6.92 Å². The van der Waals surface area contributed by atoms with Gasteiger partial charge >= 0.3 is 71.0 Å². The smallest absolute Gasteiger partial charge is 3.00 e. The molecular weight excluding hydrogens is 559 g/mol. The molecule has 18 heteroatoms. The fraction of sp³-hybridized carbons (Fsp3) is 0.500. The molecule has 0 aromatic carbocycles. The molecule has 0 bridgehead atoms. The van der Waals surface area contributed by atoms with Gasteiger partial charge in [0.25, 0.3) is 6.04 Å². The van der Waals surface area contributed by atoms with Crippen LogP contribution in [0.2, 0.25) is 0 Å². The average molecular weight is 581 g/mol. The second-order valence-electron chi connectivity index (χ2n) is 3.95. The molecule has 0 rings (SSSR count). The number of hydrogen-bond acceptors (Lipinski definition) is 8. The van der Waals surface area contributed by atoms with Crippen molar-refractivity contribution in [2.24, 2.45) is 5.73 Å². The summed E-state index contributed by atoms with van der Waals surface area (Å²) in [4.78, 5) is 57.2. The molecule has 0 aliphatic heterocycles. The number of Topliss-reactive ketones (excluding diaryl/α,β-unsaturated/α-hetero) is 2. The van der Waals surface area contributed by atoms with Gasteiger partial charge in [-0.2, -0.15) is 4.39 Å². The summed E-state index contributed by atoms with van der Waals surface area (Å²) in [6.45, 7) is 2.92. The summed E-state index contributed by atoms with van der Waals surface area (Å²) >= 11 is -1.62. The molecule has 0 aliphatic carbocycles. The third kappa shape index (κ3) is 152. The molecule has 0 atom stereocenters. The van der Waals surface area contributed by atoms with Gasteiger partial charge in [-0.15, -0.1) is 0 Å². The third-order valence-corrected chi connectivity index (χ3v) is 1.14. The Bertz CT molecular complexity index is 456. The molecule has 6 N–H and O–H groups in total. The number of carboxylic acid groups (broad SMARTS) is 3. The van der Waals surface area contributed by atoms with Crippen molar-refractivity contribution < 1.29 is 77.2 Å². The fourth-order valence-electron chi connectivity index (χ4n) is 0.397. The summed E-state index contributed by atoms with van der Waals surface area (Å²) in [6.07, 6.45) is -2.58. The number of carbonyl (C=O) groups excluding carboxylic acids is 4. The second-order valence-corrected chi connectivity index (χ2v) is 10.3. The molecule has 0 aromatic heterocycles. The van der Waals surface area contributed by atoms with Crippen LogP contribution in [-0.2, 0) is 47.9 Å². The fourth-order valence-corrected chi connectivity index (χ4v) is 0.397. The zero-order valence-electron chi connectivity index (χ0n) is 15.8. The first-order valence-electron chi connectivity index (χ1n) is 6.70. The van der Waals surface area contributed by atoms with Gasteiger partial charge in [0.05, 0.1) is 19.6 Å². The summed E-state index contributed by atoms with van der Waals surface area (Å²) in [5.41, 5.74) is 4.57. The van der Waals surface area contributed by atoms with Gasteiger partial charge in [-0.1, -0.05) is 0 Å². The maximum absolute atomic E-state index is 10.4. The predicted octanol–water partition coefficient (Wildman–Crippen LogP) is -0.0531. The number of rotatable bonds is 5. The van der Waals surface area contributed by atoms with Gasteiger partial charge in [-0.05, 0) is 13.8 Å². The summed E-state index contributed by atoms with van der Waals surface area (Å²) in [7, 11) is 14.8. The van der Waals surface area contributed by atoms with E-state index >= 15 is 0 Å². The number of ketones is 2. The first kappa shape index (κ1) is 42.9. The summed E-state index contributed by atoms with van der Waals surface area (Å²) in [5.74, 6) is -1.38. The number of carbonyl (C=O) groups is 6. The Kier molecular flexibility index (Phi) is 46.4. The minimum absolute atomic E-state index is 0. The molecule has 0 spiro atoms. The quantitative estimate of drug-likeness (QED) is 0.273. The third-order valence-electron chi connectivity index (χ3n) is 1.14. The number of nitrogens with one attached hydrogen (secondary N) is 2. The van der Waals surface area contributed by atoms with Crippen molar-refractivity contribution in [2.75, 3.05) is 19.6 Å². The Morgan fingerprint density at radius 2 is 1.17 bits per heavy atom. The Morgan fingerprint density at radius 3 is 1.23 bits per heavy atom. The number of hydrogen-bond donors (Lipinski definition) is 5. The van der Waals surface area contributed by atoms with Gasteiger partial charge in [0.2, 0.25) is 0 Å². The molecule has 0 fully saturated rings. The molecule has 0 saturated carbocycles. The van der Waals surface area contributed by atoms with E-state index in [-0.39, 0.29) is 48.6 Å². The maximum Gasteiger partial charge on any atom is 3.00 e. The van der Waals surface area contributed by atoms with Gasteiger partial charge in [0.15, 0.2) is 0 Å². The number of halogens is 4. The number of nitrogens with two attached hydrogens (primary N) is 1. The Balaban J connectivity index is -0.0000000616. The molecule has 2 amide bonds. The van der Waals surface area contributed by atoms with E-state index in [4.69, 9.17) is 45.2 Å². The minimum Gasteiger partial charge on any atom is 3.00 e. The van der Waals surface area contributed by atoms with E-state index in [1.165, 1.54) is 13.8 Å². The van der Waals surface area contributed by atoms with Crippen LogP contribution in [0.3, 0.4) is 0 Å². The average Bonchev–Trinajstić information content (AvgIpc) is 2.51. The molecule has 0 aliphatic rings. The van der Waals surface area contributed by atoms with Crippen molar-refractivity contribution in [3.8, 4) is 0 Å². The van der Waals surface area contributed by atoms with Crippen LogP contribution in [0, 0.1) is 0 Å². The zero-order chi connectivity index (χ0) is 24.6. The molecule has 0 heterocycles. The number of carboxylic acids is 1. The van der Waals surface area contributed by atoms with E-state index in [1.807, 2.05) is 5.32 Å². The summed E-state index contributed by atoms with van der Waals surface area (Å²) < 4.78 is 10.4. The summed E-state index contributed by atoms with van der Waals surface area (Å²) in [5, 5.41) is 28.7. The molecule has 0 unspecified atom stereocenters. The standard InChI is InChI=1S/2C4H7NO3.C2H3FO.C2H5NO2.3ClH.2Cr/c2*1-3(6)2-5-4(7)8;1-2(3)4;3-1-2(4)5;;;;;/h2*5H,2H2,1H3,(H,7,8);1H3;1,3H2,(H,4,5);3*1H;;/q;;;;;;;2*+3/p-4. The van der Waals surface area contributed by atoms with Gasteiger partial charge in [0.1, 0.15) is 17.7 Å². The number of amides is 2. The van der Waals surface area contributed by atoms with Crippen LogP contribution in [-0.4, -0.2) is 65.6 Å². The first-order chi connectivity index (χ1) is 13.0. The van der Waals surface area contributed by atoms with Crippen molar-refractivity contribution in [3.05, 3.63) is 0 Å². The molecule has 12 nitrogen and oxygen atoms in total. The SMILES string of the molecule is CC(=O)CNC(=O)O.CC(=O)CNC(=O)[O-].CC(=O)F.NCC(=O)O.[Cl][Cr]([Cl])[Cl].[Cr+3]. The predicted molar refractivity (Wildman–Crippen MR) is 96.8 cm³/mol. The molecule has 1 radical (unpaired) electrons. The van der Waals surface area contributed by atoms with Crippen LogP contribution < -0.4 is 21.5 Å². The molecule has 176 valence electrons. The van der Waals surface area contributed by atoms with E-state index in [1.54, 1.807) is 5.32 Å². The van der Waals surface area contributed by atoms with Crippen LogP contribution in [0.5, 0.6) is 0 Å². The van der Waals surface area contributed by atoms with E-state index in [9.17, 15) is 33.5 Å².